The number of nitrogens with one attached hydrogen (secondary N) is 1. The number of rotatable bonds is 2. The van der Waals surface area contributed by atoms with E-state index in [9.17, 15) is 0 Å². The maximum Gasteiger partial charge on any atom is 0.100 e. The van der Waals surface area contributed by atoms with E-state index in [1.54, 1.807) is 0 Å². The van der Waals surface area contributed by atoms with Gasteiger partial charge in [-0.2, -0.15) is 0 Å². The van der Waals surface area contributed by atoms with Gasteiger partial charge in [0.1, 0.15) is 6.34 Å². The third-order valence-corrected chi connectivity index (χ3v) is 0.360. The Morgan fingerprint density at radius 2 is 2.33 bits per heavy atom. The van der Waals surface area contributed by atoms with Crippen LogP contribution in [-0.2, 0) is 0 Å². The Kier molecular flexibility index (Phi) is 2.08. The largest absolute Gasteiger partial charge is 0.290 e. The van der Waals surface area contributed by atoms with Gasteiger partial charge in [-0.25, -0.2) is 5.84 Å². The van der Waals surface area contributed by atoms with Crippen LogP contribution >= 0.6 is 0 Å². The maximum absolute atomic E-state index is 6.41. The molecule has 0 amide bonds. The van der Waals surface area contributed by atoms with Crippen molar-refractivity contribution in [1.29, 1.82) is 5.41 Å². The van der Waals surface area contributed by atoms with E-state index in [1.165, 1.54) is 6.20 Å². The SMILES string of the molecule is C=CN(N)C=N. The summed E-state index contributed by atoms with van der Waals surface area (Å²) in [6, 6.07) is 0. The molecule has 34 valence electrons. The minimum absolute atomic E-state index is 0.965. The minimum Gasteiger partial charge on any atom is -0.290 e. The normalized spacial score (nSPS) is 6.83. The molecule has 0 rings (SSSR count). The van der Waals surface area contributed by atoms with Crippen LogP contribution in [0.15, 0.2) is 12.8 Å². The predicted octanol–water partition coefficient (Wildman–Crippen LogP) is -0.0873. The van der Waals surface area contributed by atoms with Crippen molar-refractivity contribution in [2.75, 3.05) is 0 Å². The van der Waals surface area contributed by atoms with Crippen LogP contribution in [0.4, 0.5) is 0 Å². The van der Waals surface area contributed by atoms with Crippen molar-refractivity contribution in [2.45, 2.75) is 0 Å². The van der Waals surface area contributed by atoms with Crippen LogP contribution in [0.1, 0.15) is 0 Å². The Labute approximate surface area is 36.5 Å². The van der Waals surface area contributed by atoms with Gasteiger partial charge in [0.2, 0.25) is 0 Å². The molecule has 0 aromatic rings. The van der Waals surface area contributed by atoms with Gasteiger partial charge in [-0.15, -0.1) is 0 Å². The fourth-order valence-electron chi connectivity index (χ4n) is 0.0527. The third kappa shape index (κ3) is 1.49. The molecule has 0 aromatic heterocycles. The third-order valence-electron chi connectivity index (χ3n) is 0.360. The Balaban J connectivity index is 3.21. The first-order chi connectivity index (χ1) is 2.81. The molecule has 6 heavy (non-hydrogen) atoms. The highest BCUT2D eigenvalue weighted by atomic mass is 15.4. The molecule has 0 aromatic carbocycles. The number of hydrogen-bond acceptors (Lipinski definition) is 2. The van der Waals surface area contributed by atoms with Crippen LogP contribution in [0.25, 0.3) is 0 Å². The molecule has 0 saturated carbocycles. The molecule has 0 aliphatic heterocycles. The van der Waals surface area contributed by atoms with E-state index < -0.39 is 0 Å². The van der Waals surface area contributed by atoms with E-state index in [0.29, 0.717) is 0 Å². The molecule has 0 radical (unpaired) electrons. The van der Waals surface area contributed by atoms with Gasteiger partial charge in [0.05, 0.1) is 0 Å². The van der Waals surface area contributed by atoms with Gasteiger partial charge in [0.25, 0.3) is 0 Å². The monoisotopic (exact) mass is 85.1 g/mol. The Morgan fingerprint density at radius 3 is 2.33 bits per heavy atom. The van der Waals surface area contributed by atoms with Crippen LogP contribution in [0.2, 0.25) is 0 Å². The van der Waals surface area contributed by atoms with Gasteiger partial charge in [0.15, 0.2) is 0 Å². The van der Waals surface area contributed by atoms with E-state index >= 15 is 0 Å². The standard InChI is InChI=1S/C3H7N3/c1-2-6(5)3-4/h2-4H,1,5H2. The summed E-state index contributed by atoms with van der Waals surface area (Å²) >= 11 is 0. The molecular formula is C3H7N3. The molecule has 0 fully saturated rings. The van der Waals surface area contributed by atoms with E-state index in [0.717, 1.165) is 11.3 Å². The number of nitrogens with two attached hydrogens (primary N) is 1. The summed E-state index contributed by atoms with van der Waals surface area (Å²) < 4.78 is 0. The van der Waals surface area contributed by atoms with Crippen LogP contribution < -0.4 is 5.84 Å². The average molecular weight is 85.1 g/mol. The molecule has 0 spiro atoms. The highest BCUT2D eigenvalue weighted by molar-refractivity contribution is 5.50. The molecular weight excluding hydrogens is 78.1 g/mol. The number of hydrazine groups is 1. The van der Waals surface area contributed by atoms with Gasteiger partial charge in [-0.1, -0.05) is 6.58 Å². The first-order valence-corrected chi connectivity index (χ1v) is 1.47. The lowest BCUT2D eigenvalue weighted by atomic mass is 10.9. The molecule has 0 atom stereocenters. The summed E-state index contributed by atoms with van der Waals surface area (Å²) in [5.41, 5.74) is 0. The zero-order valence-electron chi connectivity index (χ0n) is 3.39. The Morgan fingerprint density at radius 1 is 1.83 bits per heavy atom. The van der Waals surface area contributed by atoms with E-state index in [4.69, 9.17) is 11.3 Å². The lowest BCUT2D eigenvalue weighted by Crippen LogP contribution is -2.21. The van der Waals surface area contributed by atoms with Crippen molar-refractivity contribution in [3.8, 4) is 0 Å². The van der Waals surface area contributed by atoms with Gasteiger partial charge in [0, 0.05) is 6.20 Å². The lowest BCUT2D eigenvalue weighted by Gasteiger charge is -1.98. The average Bonchev–Trinajstić information content (AvgIpc) is 1.65. The molecule has 0 bridgehead atoms. The summed E-state index contributed by atoms with van der Waals surface area (Å²) in [5.74, 6) is 4.94. The van der Waals surface area contributed by atoms with Gasteiger partial charge >= 0.3 is 0 Å². The quantitative estimate of drug-likeness (QED) is 0.213. The van der Waals surface area contributed by atoms with E-state index in [-0.39, 0.29) is 0 Å². The van der Waals surface area contributed by atoms with Crippen molar-refractivity contribution in [3.05, 3.63) is 12.8 Å². The van der Waals surface area contributed by atoms with Crippen LogP contribution in [0.5, 0.6) is 0 Å². The first kappa shape index (κ1) is 5.17. The van der Waals surface area contributed by atoms with Crippen molar-refractivity contribution >= 4 is 6.34 Å². The topological polar surface area (TPSA) is 53.1 Å². The van der Waals surface area contributed by atoms with Crippen molar-refractivity contribution in [2.24, 2.45) is 5.84 Å². The summed E-state index contributed by atoms with van der Waals surface area (Å²) in [7, 11) is 0. The maximum atomic E-state index is 6.41. The zero-order valence-corrected chi connectivity index (χ0v) is 3.39. The fourth-order valence-corrected chi connectivity index (χ4v) is 0.0527. The van der Waals surface area contributed by atoms with Crippen LogP contribution in [-0.4, -0.2) is 11.3 Å². The highest BCUT2D eigenvalue weighted by Crippen LogP contribution is 1.61. The predicted molar refractivity (Wildman–Crippen MR) is 25.0 cm³/mol. The van der Waals surface area contributed by atoms with Gasteiger partial charge < -0.3 is 0 Å². The molecule has 0 unspecified atom stereocenters. The second-order valence-electron chi connectivity index (χ2n) is 0.759. The first-order valence-electron chi connectivity index (χ1n) is 1.47. The van der Waals surface area contributed by atoms with Crippen LogP contribution in [0, 0.1) is 5.41 Å². The Hall–Kier alpha value is -0.830. The zero-order chi connectivity index (χ0) is 4.99. The van der Waals surface area contributed by atoms with E-state index in [1.807, 2.05) is 0 Å². The van der Waals surface area contributed by atoms with Gasteiger partial charge in [-0.05, 0) is 0 Å². The summed E-state index contributed by atoms with van der Waals surface area (Å²) in [6.07, 6.45) is 2.31. The molecule has 3 nitrogen and oxygen atoms in total. The smallest absolute Gasteiger partial charge is 0.100 e. The molecule has 3 N–H and O–H groups in total. The molecule has 0 aliphatic carbocycles. The van der Waals surface area contributed by atoms with Crippen molar-refractivity contribution in [3.63, 3.8) is 0 Å². The summed E-state index contributed by atoms with van der Waals surface area (Å²) in [5, 5.41) is 7.47. The molecule has 3 heteroatoms. The number of hydrogen-bond donors (Lipinski definition) is 2. The van der Waals surface area contributed by atoms with E-state index in [2.05, 4.69) is 6.58 Å². The Bertz CT molecular complexity index is 51.1. The number of nitrogens with zero attached hydrogens (tertiary/aromatic N) is 1. The summed E-state index contributed by atoms with van der Waals surface area (Å²) in [6.45, 7) is 3.28. The molecule has 0 heterocycles. The molecule has 0 aliphatic rings. The van der Waals surface area contributed by atoms with Crippen molar-refractivity contribution in [1.82, 2.24) is 5.01 Å². The fraction of sp³-hybridized carbons (Fsp3) is 0. The second kappa shape index (κ2) is 2.41. The van der Waals surface area contributed by atoms with Crippen LogP contribution in [0.3, 0.4) is 0 Å². The second-order valence-corrected chi connectivity index (χ2v) is 0.759. The lowest BCUT2D eigenvalue weighted by molar-refractivity contribution is 0.614. The minimum atomic E-state index is 0.965. The highest BCUT2D eigenvalue weighted by Gasteiger charge is 1.70. The van der Waals surface area contributed by atoms with Gasteiger partial charge in [-0.3, -0.25) is 10.4 Å². The van der Waals surface area contributed by atoms with Crippen molar-refractivity contribution < 1.29 is 0 Å². The molecule has 0 saturated heterocycles. The summed E-state index contributed by atoms with van der Waals surface area (Å²) in [4.78, 5) is 0.